The first-order chi connectivity index (χ1) is 14.2. The van der Waals surface area contributed by atoms with Crippen molar-refractivity contribution in [2.75, 3.05) is 22.1 Å². The molecule has 1 atom stereocenters. The van der Waals surface area contributed by atoms with Gasteiger partial charge in [0.05, 0.1) is 16.9 Å². The van der Waals surface area contributed by atoms with Gasteiger partial charge in [-0.2, -0.15) is 0 Å². The minimum atomic E-state index is -0.828. The van der Waals surface area contributed by atoms with Gasteiger partial charge in [-0.1, -0.05) is 19.1 Å². The Kier molecular flexibility index (Phi) is 5.05. The van der Waals surface area contributed by atoms with E-state index in [4.69, 9.17) is 5.73 Å². The molecule has 0 saturated heterocycles. The maximum atomic E-state index is 13.0. The monoisotopic (exact) mass is 426 g/mol. The predicted molar refractivity (Wildman–Crippen MR) is 119 cm³/mol. The van der Waals surface area contributed by atoms with E-state index in [2.05, 4.69) is 17.6 Å². The number of nitrogens with zero attached hydrogens (tertiary/aromatic N) is 1. The lowest BCUT2D eigenvalue weighted by atomic mass is 9.88. The van der Waals surface area contributed by atoms with Crippen LogP contribution in [0.1, 0.15) is 48.0 Å². The number of carbonyl (C=O) groups is 3. The third-order valence-corrected chi connectivity index (χ3v) is 6.90. The summed E-state index contributed by atoms with van der Waals surface area (Å²) in [5.41, 5.74) is 7.65. The summed E-state index contributed by atoms with van der Waals surface area (Å²) in [5, 5.41) is 6.56. The highest BCUT2D eigenvalue weighted by molar-refractivity contribution is 7.17. The third-order valence-electron chi connectivity index (χ3n) is 5.73. The van der Waals surface area contributed by atoms with E-state index in [1.54, 1.807) is 13.8 Å². The third kappa shape index (κ3) is 3.56. The summed E-state index contributed by atoms with van der Waals surface area (Å²) < 4.78 is 0. The fourth-order valence-corrected chi connectivity index (χ4v) is 5.65. The summed E-state index contributed by atoms with van der Waals surface area (Å²) in [5.74, 6) is -0.532. The molecule has 3 amide bonds. The first kappa shape index (κ1) is 20.4. The van der Waals surface area contributed by atoms with E-state index in [1.165, 1.54) is 16.2 Å². The molecule has 30 heavy (non-hydrogen) atoms. The van der Waals surface area contributed by atoms with Crippen molar-refractivity contribution in [1.29, 1.82) is 0 Å². The molecule has 158 valence electrons. The Bertz CT molecular complexity index is 1040. The number of primary amides is 1. The maximum Gasteiger partial charge on any atom is 0.252 e. The van der Waals surface area contributed by atoms with E-state index in [1.807, 2.05) is 24.3 Å². The van der Waals surface area contributed by atoms with Crippen LogP contribution in [0.5, 0.6) is 0 Å². The Labute approximate surface area is 179 Å². The number of para-hydroxylation sites is 2. The summed E-state index contributed by atoms with van der Waals surface area (Å²) in [6.45, 7) is 5.61. The minimum Gasteiger partial charge on any atom is -0.370 e. The number of nitrogens with two attached hydrogens (primary N) is 1. The molecule has 0 radical (unpaired) electrons. The van der Waals surface area contributed by atoms with Gasteiger partial charge in [-0.15, -0.1) is 11.3 Å². The van der Waals surface area contributed by atoms with E-state index < -0.39 is 11.4 Å². The number of carbonyl (C=O) groups excluding carboxylic acids is 3. The van der Waals surface area contributed by atoms with Crippen LogP contribution in [-0.4, -0.2) is 29.8 Å². The molecule has 2 heterocycles. The van der Waals surface area contributed by atoms with Crippen molar-refractivity contribution < 1.29 is 14.4 Å². The smallest absolute Gasteiger partial charge is 0.252 e. The molecule has 0 fully saturated rings. The average molecular weight is 427 g/mol. The molecule has 1 aromatic heterocycles. The van der Waals surface area contributed by atoms with Gasteiger partial charge < -0.3 is 16.4 Å². The molecular weight excluding hydrogens is 400 g/mol. The van der Waals surface area contributed by atoms with Crippen LogP contribution in [0.15, 0.2) is 24.3 Å². The van der Waals surface area contributed by atoms with Crippen molar-refractivity contribution in [3.8, 4) is 0 Å². The van der Waals surface area contributed by atoms with Crippen LogP contribution in [0, 0.1) is 5.92 Å². The molecule has 2 aliphatic rings. The molecule has 0 saturated carbocycles. The van der Waals surface area contributed by atoms with Crippen LogP contribution < -0.4 is 21.3 Å². The van der Waals surface area contributed by atoms with Crippen LogP contribution in [0.25, 0.3) is 0 Å². The van der Waals surface area contributed by atoms with Gasteiger partial charge >= 0.3 is 0 Å². The fourth-order valence-electron chi connectivity index (χ4n) is 4.22. The molecule has 1 aliphatic carbocycles. The standard InChI is InChI=1S/C22H26N4O3S/c1-12-8-9-13-16(10-12)30-20(18(13)19(23)28)24-17(27)11-26-15-7-5-4-6-14(15)25-22(2,3)21(26)29/h4-7,12,25H,8-11H2,1-3H3,(H2,23,28)(H,24,27). The molecule has 2 aromatic rings. The second-order valence-corrected chi connectivity index (χ2v) is 9.73. The highest BCUT2D eigenvalue weighted by atomic mass is 32.1. The van der Waals surface area contributed by atoms with Gasteiger partial charge in [-0.3, -0.25) is 19.3 Å². The second-order valence-electron chi connectivity index (χ2n) is 8.63. The number of amides is 3. The lowest BCUT2D eigenvalue weighted by Gasteiger charge is -2.39. The number of benzene rings is 1. The predicted octanol–water partition coefficient (Wildman–Crippen LogP) is 3.15. The van der Waals surface area contributed by atoms with Crippen LogP contribution in [-0.2, 0) is 22.4 Å². The Morgan fingerprint density at radius 1 is 1.33 bits per heavy atom. The van der Waals surface area contributed by atoms with Gasteiger partial charge in [0, 0.05) is 4.88 Å². The van der Waals surface area contributed by atoms with Crippen molar-refractivity contribution in [2.45, 2.75) is 45.6 Å². The van der Waals surface area contributed by atoms with Crippen molar-refractivity contribution in [1.82, 2.24) is 0 Å². The Hall–Kier alpha value is -2.87. The first-order valence-corrected chi connectivity index (χ1v) is 10.9. The molecule has 8 heteroatoms. The lowest BCUT2D eigenvalue weighted by molar-refractivity contribution is -0.124. The maximum absolute atomic E-state index is 13.0. The molecule has 7 nitrogen and oxygen atoms in total. The van der Waals surface area contributed by atoms with Gasteiger partial charge in [0.2, 0.25) is 5.91 Å². The first-order valence-electron chi connectivity index (χ1n) is 10.1. The zero-order valence-electron chi connectivity index (χ0n) is 17.4. The summed E-state index contributed by atoms with van der Waals surface area (Å²) in [6, 6.07) is 7.40. The fraction of sp³-hybridized carbons (Fsp3) is 0.409. The zero-order chi connectivity index (χ0) is 21.6. The zero-order valence-corrected chi connectivity index (χ0v) is 18.2. The largest absolute Gasteiger partial charge is 0.370 e. The molecule has 4 N–H and O–H groups in total. The Morgan fingerprint density at radius 3 is 2.80 bits per heavy atom. The van der Waals surface area contributed by atoms with Gasteiger partial charge in [-0.05, 0) is 56.7 Å². The lowest BCUT2D eigenvalue weighted by Crippen LogP contribution is -2.55. The number of hydrogen-bond acceptors (Lipinski definition) is 5. The van der Waals surface area contributed by atoms with E-state index in [0.717, 1.165) is 35.4 Å². The molecule has 1 aromatic carbocycles. The minimum absolute atomic E-state index is 0.141. The normalized spacial score (nSPS) is 19.5. The van der Waals surface area contributed by atoms with E-state index in [9.17, 15) is 14.4 Å². The van der Waals surface area contributed by atoms with Gasteiger partial charge in [-0.25, -0.2) is 0 Å². The molecular formula is C22H26N4O3S. The summed E-state index contributed by atoms with van der Waals surface area (Å²) in [6.07, 6.45) is 2.67. The van der Waals surface area contributed by atoms with Crippen molar-refractivity contribution in [2.24, 2.45) is 11.7 Å². The average Bonchev–Trinajstić information content (AvgIpc) is 3.02. The van der Waals surface area contributed by atoms with Gasteiger partial charge in [0.1, 0.15) is 17.1 Å². The topological polar surface area (TPSA) is 105 Å². The molecule has 1 unspecified atom stereocenters. The number of anilines is 3. The Morgan fingerprint density at radius 2 is 2.07 bits per heavy atom. The number of fused-ring (bicyclic) bond motifs is 2. The van der Waals surface area contributed by atoms with Crippen LogP contribution in [0.3, 0.4) is 0 Å². The number of nitrogens with one attached hydrogen (secondary N) is 2. The molecule has 0 spiro atoms. The van der Waals surface area contributed by atoms with Crippen LogP contribution >= 0.6 is 11.3 Å². The summed E-state index contributed by atoms with van der Waals surface area (Å²) in [4.78, 5) is 40.6. The summed E-state index contributed by atoms with van der Waals surface area (Å²) in [7, 11) is 0. The summed E-state index contributed by atoms with van der Waals surface area (Å²) >= 11 is 1.42. The van der Waals surface area contributed by atoms with Crippen molar-refractivity contribution in [3.63, 3.8) is 0 Å². The molecule has 1 aliphatic heterocycles. The van der Waals surface area contributed by atoms with Crippen molar-refractivity contribution >= 4 is 45.4 Å². The SMILES string of the molecule is CC1CCc2c(sc(NC(=O)CN3C(=O)C(C)(C)Nc4ccccc43)c2C(N)=O)C1. The number of rotatable bonds is 4. The van der Waals surface area contributed by atoms with Gasteiger partial charge in [0.15, 0.2) is 0 Å². The van der Waals surface area contributed by atoms with E-state index in [-0.39, 0.29) is 18.4 Å². The Balaban J connectivity index is 1.60. The highest BCUT2D eigenvalue weighted by Crippen LogP contribution is 2.40. The quantitative estimate of drug-likeness (QED) is 0.698. The van der Waals surface area contributed by atoms with Gasteiger partial charge in [0.25, 0.3) is 11.8 Å². The number of hydrogen-bond donors (Lipinski definition) is 3. The second kappa shape index (κ2) is 7.43. The van der Waals surface area contributed by atoms with Crippen LogP contribution in [0.2, 0.25) is 0 Å². The molecule has 4 rings (SSSR count). The molecule has 0 bridgehead atoms. The van der Waals surface area contributed by atoms with Crippen LogP contribution in [0.4, 0.5) is 16.4 Å². The highest BCUT2D eigenvalue weighted by Gasteiger charge is 2.39. The van der Waals surface area contributed by atoms with E-state index >= 15 is 0 Å². The van der Waals surface area contributed by atoms with Crippen molar-refractivity contribution in [3.05, 3.63) is 40.3 Å². The van der Waals surface area contributed by atoms with E-state index in [0.29, 0.717) is 22.2 Å². The number of thiophene rings is 1.